The number of fused-ring (bicyclic) bond motifs is 2. The molecular formula is C21H17BClN2S+. The van der Waals surface area contributed by atoms with E-state index in [1.165, 1.54) is 26.9 Å². The molecule has 1 aliphatic rings. The second-order valence-electron chi connectivity index (χ2n) is 5.97. The molecule has 2 heterocycles. The molecule has 0 saturated carbocycles. The van der Waals surface area contributed by atoms with Gasteiger partial charge in [-0.3, -0.25) is 5.41 Å². The van der Waals surface area contributed by atoms with E-state index in [0.29, 0.717) is 5.03 Å². The van der Waals surface area contributed by atoms with Crippen molar-refractivity contribution in [1.29, 1.82) is 0 Å². The molecule has 3 aromatic rings. The third-order valence-electron chi connectivity index (χ3n) is 4.41. The van der Waals surface area contributed by atoms with Crippen LogP contribution in [0.5, 0.6) is 0 Å². The van der Waals surface area contributed by atoms with Gasteiger partial charge in [0, 0.05) is 21.6 Å². The molecular weight excluding hydrogens is 359 g/mol. The summed E-state index contributed by atoms with van der Waals surface area (Å²) < 4.78 is 2.25. The lowest BCUT2D eigenvalue weighted by molar-refractivity contribution is -0.104. The smallest absolute Gasteiger partial charge is 0.330 e. The maximum absolute atomic E-state index is 6.59. The first-order chi connectivity index (χ1) is 12.8. The zero-order valence-electron chi connectivity index (χ0n) is 14.0. The van der Waals surface area contributed by atoms with Crippen molar-refractivity contribution < 1.29 is 5.41 Å². The molecule has 1 aliphatic heterocycles. The van der Waals surface area contributed by atoms with Crippen LogP contribution in [0.25, 0.3) is 5.03 Å². The molecule has 0 radical (unpaired) electrons. The summed E-state index contributed by atoms with van der Waals surface area (Å²) in [6.45, 7) is 0.0980. The number of allylic oxidation sites excluding steroid dienone is 3. The van der Waals surface area contributed by atoms with Crippen LogP contribution in [0.15, 0.2) is 94.9 Å². The second-order valence-corrected chi connectivity index (χ2v) is 7.46. The SMILES string of the molecule is [NH2+]=C/C=C\C=C(/Cl)c1cccn1B1c2ccccc2Sc2ccccc21. The van der Waals surface area contributed by atoms with E-state index in [2.05, 4.69) is 59.2 Å². The van der Waals surface area contributed by atoms with Crippen molar-refractivity contribution in [1.82, 2.24) is 4.48 Å². The van der Waals surface area contributed by atoms with Crippen molar-refractivity contribution in [2.45, 2.75) is 9.79 Å². The van der Waals surface area contributed by atoms with Crippen molar-refractivity contribution in [2.24, 2.45) is 0 Å². The van der Waals surface area contributed by atoms with Crippen LogP contribution >= 0.6 is 23.4 Å². The standard InChI is InChI=1S/C21H16BClN2S/c23-18(10-5-6-14-24)19-11-7-15-25(19)22-16-8-1-3-12-20(16)26-21-13-4-2-9-17(21)22/h1-15,24H/p+1/b6-5-,18-10-,24-14?. The topological polar surface area (TPSA) is 30.5 Å². The van der Waals surface area contributed by atoms with Crippen LogP contribution in [0.3, 0.4) is 0 Å². The molecule has 0 bridgehead atoms. The third-order valence-corrected chi connectivity index (χ3v) is 5.92. The summed E-state index contributed by atoms with van der Waals surface area (Å²) in [5, 5.41) is 6.08. The zero-order valence-corrected chi connectivity index (χ0v) is 15.6. The van der Waals surface area contributed by atoms with E-state index < -0.39 is 0 Å². The molecule has 0 aliphatic carbocycles. The van der Waals surface area contributed by atoms with Gasteiger partial charge in [-0.2, -0.15) is 0 Å². The lowest BCUT2D eigenvalue weighted by atomic mass is 9.50. The quantitative estimate of drug-likeness (QED) is 0.332. The Morgan fingerprint density at radius 2 is 1.58 bits per heavy atom. The Kier molecular flexibility index (Phi) is 4.87. The predicted molar refractivity (Wildman–Crippen MR) is 113 cm³/mol. The predicted octanol–water partition coefficient (Wildman–Crippen LogP) is 2.57. The van der Waals surface area contributed by atoms with E-state index in [0.717, 1.165) is 5.69 Å². The van der Waals surface area contributed by atoms with E-state index in [1.807, 2.05) is 36.0 Å². The number of nitrogens with two attached hydrogens (primary N) is 1. The molecule has 5 heteroatoms. The lowest BCUT2D eigenvalue weighted by Gasteiger charge is -2.27. The minimum Gasteiger partial charge on any atom is -0.382 e. The van der Waals surface area contributed by atoms with Crippen molar-refractivity contribution in [2.75, 3.05) is 0 Å². The van der Waals surface area contributed by atoms with Crippen molar-refractivity contribution in [3.05, 3.63) is 90.8 Å². The molecule has 2 aromatic carbocycles. The number of benzene rings is 2. The van der Waals surface area contributed by atoms with Gasteiger partial charge < -0.3 is 4.48 Å². The van der Waals surface area contributed by atoms with Crippen molar-refractivity contribution in [3.8, 4) is 0 Å². The van der Waals surface area contributed by atoms with Gasteiger partial charge in [-0.1, -0.05) is 65.8 Å². The van der Waals surface area contributed by atoms with Crippen LogP contribution in [-0.2, 0) is 0 Å². The first-order valence-corrected chi connectivity index (χ1v) is 9.59. The van der Waals surface area contributed by atoms with Crippen LogP contribution < -0.4 is 16.3 Å². The molecule has 0 fully saturated rings. The fourth-order valence-corrected chi connectivity index (χ4v) is 4.65. The molecule has 26 heavy (non-hydrogen) atoms. The second kappa shape index (κ2) is 7.44. The number of hydrogen-bond acceptors (Lipinski definition) is 1. The van der Waals surface area contributed by atoms with Crippen LogP contribution in [0.2, 0.25) is 0 Å². The van der Waals surface area contributed by atoms with E-state index in [4.69, 9.17) is 17.0 Å². The highest BCUT2D eigenvalue weighted by molar-refractivity contribution is 8.00. The van der Waals surface area contributed by atoms with Crippen molar-refractivity contribution >= 4 is 52.4 Å². The van der Waals surface area contributed by atoms with Gasteiger partial charge in [0.1, 0.15) is 0 Å². The molecule has 0 saturated heterocycles. The van der Waals surface area contributed by atoms with Gasteiger partial charge in [0.05, 0.1) is 5.03 Å². The molecule has 0 spiro atoms. The van der Waals surface area contributed by atoms with Gasteiger partial charge in [0.25, 0.3) is 0 Å². The first-order valence-electron chi connectivity index (χ1n) is 8.40. The monoisotopic (exact) mass is 375 g/mol. The molecule has 4 rings (SSSR count). The van der Waals surface area contributed by atoms with Gasteiger partial charge in [0.15, 0.2) is 6.21 Å². The van der Waals surface area contributed by atoms with Crippen LogP contribution in [0.1, 0.15) is 5.69 Å². The Labute approximate surface area is 162 Å². The molecule has 0 atom stereocenters. The summed E-state index contributed by atoms with van der Waals surface area (Å²) in [5.41, 5.74) is 3.57. The number of nitrogens with zero attached hydrogens (tertiary/aromatic N) is 1. The molecule has 2 nitrogen and oxygen atoms in total. The van der Waals surface area contributed by atoms with E-state index in [-0.39, 0.29) is 6.85 Å². The fraction of sp³-hybridized carbons (Fsp3) is 0. The average molecular weight is 376 g/mol. The minimum absolute atomic E-state index is 0.0980. The Balaban J connectivity index is 1.87. The van der Waals surface area contributed by atoms with Gasteiger partial charge in [0.2, 0.25) is 0 Å². The summed E-state index contributed by atoms with van der Waals surface area (Å²) >= 11 is 8.42. The summed E-state index contributed by atoms with van der Waals surface area (Å²) in [6.07, 6.45) is 9.06. The summed E-state index contributed by atoms with van der Waals surface area (Å²) in [7, 11) is 0. The zero-order chi connectivity index (χ0) is 17.9. The normalized spacial score (nSPS) is 13.6. The van der Waals surface area contributed by atoms with Crippen LogP contribution in [0, 0.1) is 0 Å². The maximum atomic E-state index is 6.59. The first kappa shape index (κ1) is 17.0. The molecule has 0 unspecified atom stereocenters. The number of aromatic nitrogens is 1. The Morgan fingerprint density at radius 3 is 2.23 bits per heavy atom. The number of halogens is 1. The lowest BCUT2D eigenvalue weighted by Crippen LogP contribution is -2.52. The highest BCUT2D eigenvalue weighted by Gasteiger charge is 2.32. The Morgan fingerprint density at radius 1 is 0.923 bits per heavy atom. The van der Waals surface area contributed by atoms with Gasteiger partial charge >= 0.3 is 6.85 Å². The van der Waals surface area contributed by atoms with Crippen LogP contribution in [-0.4, -0.2) is 17.5 Å². The van der Waals surface area contributed by atoms with Gasteiger partial charge in [-0.25, -0.2) is 0 Å². The van der Waals surface area contributed by atoms with Gasteiger partial charge in [-0.15, -0.1) is 0 Å². The van der Waals surface area contributed by atoms with E-state index in [9.17, 15) is 0 Å². The van der Waals surface area contributed by atoms with E-state index >= 15 is 0 Å². The average Bonchev–Trinajstić information content (AvgIpc) is 3.15. The highest BCUT2D eigenvalue weighted by atomic mass is 35.5. The summed E-state index contributed by atoms with van der Waals surface area (Å²) in [5.74, 6) is 0. The fourth-order valence-electron chi connectivity index (χ4n) is 3.30. The summed E-state index contributed by atoms with van der Waals surface area (Å²) in [6, 6.07) is 21.2. The van der Waals surface area contributed by atoms with Crippen molar-refractivity contribution in [3.63, 3.8) is 0 Å². The molecule has 1 aromatic heterocycles. The Bertz CT molecular complexity index is 977. The van der Waals surface area contributed by atoms with Gasteiger partial charge in [-0.05, 0) is 47.5 Å². The molecule has 126 valence electrons. The summed E-state index contributed by atoms with van der Waals surface area (Å²) in [4.78, 5) is 2.57. The third kappa shape index (κ3) is 3.07. The number of hydrogen-bond donors (Lipinski definition) is 1. The van der Waals surface area contributed by atoms with Crippen LogP contribution in [0.4, 0.5) is 0 Å². The Hall–Kier alpha value is -2.43. The maximum Gasteiger partial charge on any atom is 0.330 e. The minimum atomic E-state index is 0.0980. The largest absolute Gasteiger partial charge is 0.382 e. The van der Waals surface area contributed by atoms with E-state index in [1.54, 1.807) is 6.08 Å². The molecule has 0 amide bonds. The highest BCUT2D eigenvalue weighted by Crippen LogP contribution is 2.31. The number of rotatable bonds is 4. The molecule has 2 N–H and O–H groups in total.